The molecule has 1 aliphatic rings. The van der Waals surface area contributed by atoms with E-state index in [-0.39, 0.29) is 24.0 Å². The third-order valence-corrected chi connectivity index (χ3v) is 4.11. The van der Waals surface area contributed by atoms with Gasteiger partial charge in [0.05, 0.1) is 17.8 Å². The Morgan fingerprint density at radius 1 is 1.30 bits per heavy atom. The van der Waals surface area contributed by atoms with Crippen LogP contribution in [0.1, 0.15) is 46.6 Å². The smallest absolute Gasteiger partial charge is 0.270 e. The lowest BCUT2D eigenvalue weighted by atomic mass is 9.76. The molecule has 120 valence electrons. The number of hydrogen-bond donors (Lipinski definition) is 2. The first kappa shape index (κ1) is 15.6. The van der Waals surface area contributed by atoms with Crippen molar-refractivity contribution in [1.29, 1.82) is 0 Å². The lowest BCUT2D eigenvalue weighted by Crippen LogP contribution is -2.42. The van der Waals surface area contributed by atoms with Crippen molar-refractivity contribution in [2.45, 2.75) is 38.8 Å². The minimum Gasteiger partial charge on any atom is -0.393 e. The summed E-state index contributed by atoms with van der Waals surface area (Å²) in [5.74, 6) is 0.520. The molecule has 3 rings (SSSR count). The predicted octanol–water partition coefficient (Wildman–Crippen LogP) is 1.73. The Morgan fingerprint density at radius 3 is 2.70 bits per heavy atom. The highest BCUT2D eigenvalue weighted by Gasteiger charge is 2.36. The number of hydrogen-bond acceptors (Lipinski definition) is 5. The Morgan fingerprint density at radius 2 is 2.09 bits per heavy atom. The number of nitrogens with zero attached hydrogens (tertiary/aromatic N) is 3. The maximum absolute atomic E-state index is 12.6. The normalized spacial score (nSPS) is 21.3. The first-order valence-corrected chi connectivity index (χ1v) is 7.75. The molecule has 23 heavy (non-hydrogen) atoms. The Balaban J connectivity index is 1.82. The number of nitrogens with one attached hydrogen (secondary N) is 1. The van der Waals surface area contributed by atoms with E-state index < -0.39 is 0 Å². The van der Waals surface area contributed by atoms with E-state index in [1.165, 1.54) is 0 Å². The van der Waals surface area contributed by atoms with E-state index in [0.29, 0.717) is 24.4 Å². The molecule has 1 fully saturated rings. The van der Waals surface area contributed by atoms with Crippen molar-refractivity contribution < 1.29 is 9.90 Å². The van der Waals surface area contributed by atoms with Gasteiger partial charge in [-0.2, -0.15) is 0 Å². The summed E-state index contributed by atoms with van der Waals surface area (Å²) in [4.78, 5) is 25.3. The van der Waals surface area contributed by atoms with Crippen molar-refractivity contribution in [3.8, 4) is 0 Å². The second-order valence-corrected chi connectivity index (χ2v) is 6.03. The highest BCUT2D eigenvalue weighted by molar-refractivity contribution is 5.92. The lowest BCUT2D eigenvalue weighted by Gasteiger charge is -2.37. The van der Waals surface area contributed by atoms with Gasteiger partial charge >= 0.3 is 0 Å². The first-order chi connectivity index (χ1) is 11.0. The quantitative estimate of drug-likeness (QED) is 0.897. The molecule has 1 aliphatic carbocycles. The molecule has 2 heterocycles. The van der Waals surface area contributed by atoms with E-state index in [1.807, 2.05) is 25.1 Å². The molecule has 0 unspecified atom stereocenters. The Labute approximate surface area is 135 Å². The molecule has 6 heteroatoms. The molecule has 0 aliphatic heterocycles. The fourth-order valence-electron chi connectivity index (χ4n) is 2.94. The molecule has 1 amide bonds. The van der Waals surface area contributed by atoms with Crippen LogP contribution in [0.5, 0.6) is 0 Å². The molecule has 0 saturated heterocycles. The SMILES string of the molecule is Cc1cc(C(=O)N[C@H](c2ccccn2)C2CC(O)C2)nc(C)n1. The van der Waals surface area contributed by atoms with Crippen LogP contribution in [0.4, 0.5) is 0 Å². The van der Waals surface area contributed by atoms with Crippen LogP contribution in [0.2, 0.25) is 0 Å². The van der Waals surface area contributed by atoms with E-state index in [2.05, 4.69) is 20.3 Å². The predicted molar refractivity (Wildman–Crippen MR) is 84.7 cm³/mol. The number of aliphatic hydroxyl groups excluding tert-OH is 1. The lowest BCUT2D eigenvalue weighted by molar-refractivity contribution is 0.0227. The van der Waals surface area contributed by atoms with Gasteiger partial charge in [0.1, 0.15) is 11.5 Å². The Kier molecular flexibility index (Phi) is 4.34. The molecule has 1 saturated carbocycles. The zero-order valence-electron chi connectivity index (χ0n) is 13.2. The minimum absolute atomic E-state index is 0.188. The summed E-state index contributed by atoms with van der Waals surface area (Å²) < 4.78 is 0. The van der Waals surface area contributed by atoms with Gasteiger partial charge in [-0.15, -0.1) is 0 Å². The highest BCUT2D eigenvalue weighted by Crippen LogP contribution is 2.37. The molecule has 1 atom stereocenters. The number of rotatable bonds is 4. The van der Waals surface area contributed by atoms with E-state index in [9.17, 15) is 9.90 Å². The summed E-state index contributed by atoms with van der Waals surface area (Å²) in [6.07, 6.45) is 2.77. The highest BCUT2D eigenvalue weighted by atomic mass is 16.3. The number of carbonyl (C=O) groups is 1. The third-order valence-electron chi connectivity index (χ3n) is 4.11. The molecular formula is C17H20N4O2. The topological polar surface area (TPSA) is 88.0 Å². The molecule has 2 aromatic heterocycles. The number of pyridine rings is 1. The van der Waals surface area contributed by atoms with Gasteiger partial charge in [0.15, 0.2) is 0 Å². The maximum Gasteiger partial charge on any atom is 0.270 e. The zero-order valence-corrected chi connectivity index (χ0v) is 13.2. The van der Waals surface area contributed by atoms with Crippen molar-refractivity contribution in [2.75, 3.05) is 0 Å². The van der Waals surface area contributed by atoms with Crippen LogP contribution in [0.15, 0.2) is 30.5 Å². The van der Waals surface area contributed by atoms with Crippen molar-refractivity contribution in [3.63, 3.8) is 0 Å². The molecule has 2 N–H and O–H groups in total. The van der Waals surface area contributed by atoms with Crippen molar-refractivity contribution in [2.24, 2.45) is 5.92 Å². The summed E-state index contributed by atoms with van der Waals surface area (Å²) in [5.41, 5.74) is 1.92. The van der Waals surface area contributed by atoms with E-state index >= 15 is 0 Å². The average Bonchev–Trinajstić information content (AvgIpc) is 2.49. The summed E-state index contributed by atoms with van der Waals surface area (Å²) in [5, 5.41) is 12.6. The van der Waals surface area contributed by atoms with Gasteiger partial charge in [-0.1, -0.05) is 6.07 Å². The Hall–Kier alpha value is -2.34. The van der Waals surface area contributed by atoms with E-state index in [4.69, 9.17) is 0 Å². The number of aryl methyl sites for hydroxylation is 2. The molecular weight excluding hydrogens is 292 g/mol. The van der Waals surface area contributed by atoms with E-state index in [0.717, 1.165) is 11.4 Å². The van der Waals surface area contributed by atoms with Crippen LogP contribution in [-0.4, -0.2) is 32.1 Å². The third kappa shape index (κ3) is 3.53. The van der Waals surface area contributed by atoms with Crippen molar-refractivity contribution in [3.05, 3.63) is 53.4 Å². The van der Waals surface area contributed by atoms with Crippen LogP contribution in [0, 0.1) is 19.8 Å². The van der Waals surface area contributed by atoms with Gasteiger partial charge in [0.25, 0.3) is 5.91 Å². The van der Waals surface area contributed by atoms with Crippen LogP contribution in [-0.2, 0) is 0 Å². The van der Waals surface area contributed by atoms with E-state index in [1.54, 1.807) is 19.2 Å². The van der Waals surface area contributed by atoms with Crippen molar-refractivity contribution >= 4 is 5.91 Å². The fraction of sp³-hybridized carbons (Fsp3) is 0.412. The summed E-state index contributed by atoms with van der Waals surface area (Å²) in [7, 11) is 0. The number of aliphatic hydroxyl groups is 1. The van der Waals surface area contributed by atoms with Crippen LogP contribution in [0.3, 0.4) is 0 Å². The fourth-order valence-corrected chi connectivity index (χ4v) is 2.94. The maximum atomic E-state index is 12.6. The van der Waals surface area contributed by atoms with Gasteiger partial charge in [-0.05, 0) is 50.8 Å². The van der Waals surface area contributed by atoms with Gasteiger partial charge in [-0.25, -0.2) is 9.97 Å². The minimum atomic E-state index is -0.286. The molecule has 6 nitrogen and oxygen atoms in total. The standard InChI is InChI=1S/C17H20N4O2/c1-10-7-15(20-11(2)19-10)17(23)21-16(12-8-13(22)9-12)14-5-3-4-6-18-14/h3-7,12-13,16,22H,8-9H2,1-2H3,(H,21,23)/t12?,13?,16-/m0/s1. The molecule has 0 spiro atoms. The zero-order chi connectivity index (χ0) is 16.4. The van der Waals surface area contributed by atoms with Crippen LogP contribution >= 0.6 is 0 Å². The Bertz CT molecular complexity index is 679. The second-order valence-electron chi connectivity index (χ2n) is 6.03. The van der Waals surface area contributed by atoms with Gasteiger partial charge in [0, 0.05) is 11.9 Å². The van der Waals surface area contributed by atoms with Gasteiger partial charge < -0.3 is 10.4 Å². The van der Waals surface area contributed by atoms with Gasteiger partial charge in [-0.3, -0.25) is 9.78 Å². The summed E-state index contributed by atoms with van der Waals surface area (Å²) in [6.45, 7) is 3.60. The monoisotopic (exact) mass is 312 g/mol. The largest absolute Gasteiger partial charge is 0.393 e. The molecule has 0 radical (unpaired) electrons. The second kappa shape index (κ2) is 6.42. The van der Waals surface area contributed by atoms with Crippen LogP contribution in [0.25, 0.3) is 0 Å². The average molecular weight is 312 g/mol. The molecule has 0 bridgehead atoms. The summed E-state index contributed by atoms with van der Waals surface area (Å²) in [6, 6.07) is 7.09. The number of aromatic nitrogens is 3. The molecule has 0 aromatic carbocycles. The molecule has 2 aromatic rings. The van der Waals surface area contributed by atoms with Gasteiger partial charge in [0.2, 0.25) is 0 Å². The number of carbonyl (C=O) groups excluding carboxylic acids is 1. The summed E-state index contributed by atoms with van der Waals surface area (Å²) >= 11 is 0. The van der Waals surface area contributed by atoms with Crippen LogP contribution < -0.4 is 5.32 Å². The number of amides is 1. The van der Waals surface area contributed by atoms with Crippen molar-refractivity contribution in [1.82, 2.24) is 20.3 Å². The first-order valence-electron chi connectivity index (χ1n) is 7.75.